The molecule has 0 aliphatic heterocycles. The van der Waals surface area contributed by atoms with E-state index >= 15 is 0 Å². The predicted octanol–water partition coefficient (Wildman–Crippen LogP) is 2.06. The van der Waals surface area contributed by atoms with E-state index in [4.69, 9.17) is 17.3 Å². The van der Waals surface area contributed by atoms with Crippen LogP contribution in [-0.2, 0) is 6.54 Å². The van der Waals surface area contributed by atoms with Crippen molar-refractivity contribution in [1.82, 2.24) is 15.3 Å². The van der Waals surface area contributed by atoms with E-state index in [0.717, 1.165) is 12.2 Å². The molecule has 100 valence electrons. The van der Waals surface area contributed by atoms with Gasteiger partial charge in [-0.15, -0.1) is 0 Å². The highest BCUT2D eigenvalue weighted by molar-refractivity contribution is 7.71. The topological polar surface area (TPSA) is 78.0 Å². The molecule has 0 atom stereocenters. The smallest absolute Gasteiger partial charge is 0.170 e. The summed E-state index contributed by atoms with van der Waals surface area (Å²) in [5.74, 6) is -0.0800. The summed E-state index contributed by atoms with van der Waals surface area (Å²) in [6, 6.07) is 8.79. The van der Waals surface area contributed by atoms with Gasteiger partial charge in [0.15, 0.2) is 6.29 Å². The Morgan fingerprint density at radius 1 is 1.42 bits per heavy atom. The zero-order valence-corrected chi connectivity index (χ0v) is 11.3. The van der Waals surface area contributed by atoms with Crippen LogP contribution in [0.3, 0.4) is 0 Å². The second-order valence-corrected chi connectivity index (χ2v) is 4.03. The van der Waals surface area contributed by atoms with Crippen LogP contribution in [-0.4, -0.2) is 28.4 Å². The van der Waals surface area contributed by atoms with E-state index in [1.807, 2.05) is 25.2 Å². The number of hydrogen-bond donors (Lipinski definition) is 3. The molecule has 3 N–H and O–H groups in total. The number of aromatic amines is 1. The number of nitrogens with one attached hydrogen (secondary N) is 2. The van der Waals surface area contributed by atoms with E-state index in [-0.39, 0.29) is 11.4 Å². The lowest BCUT2D eigenvalue weighted by Crippen LogP contribution is -2.05. The van der Waals surface area contributed by atoms with Crippen LogP contribution in [0.15, 0.2) is 36.5 Å². The summed E-state index contributed by atoms with van der Waals surface area (Å²) >= 11 is 4.70. The number of carbonyl (C=O) groups excluding carboxylic acids is 1. The van der Waals surface area contributed by atoms with Crippen LogP contribution in [0.5, 0.6) is 5.75 Å². The number of aldehydes is 1. The first-order chi connectivity index (χ1) is 9.17. The van der Waals surface area contributed by atoms with Crippen molar-refractivity contribution in [2.24, 2.45) is 0 Å². The molecule has 0 radical (unpaired) electrons. The fourth-order valence-corrected chi connectivity index (χ4v) is 1.43. The highest BCUT2D eigenvalue weighted by atomic mass is 32.1. The van der Waals surface area contributed by atoms with Crippen LogP contribution >= 0.6 is 12.2 Å². The second-order valence-electron chi connectivity index (χ2n) is 3.59. The first-order valence-electron chi connectivity index (χ1n) is 5.59. The molecule has 2 heterocycles. The van der Waals surface area contributed by atoms with Crippen LogP contribution in [0.1, 0.15) is 16.2 Å². The quantitative estimate of drug-likeness (QED) is 0.591. The number of aromatic hydroxyl groups is 1. The number of aromatic nitrogens is 2. The van der Waals surface area contributed by atoms with Gasteiger partial charge in [0.25, 0.3) is 0 Å². The molecule has 0 fully saturated rings. The molecular weight excluding hydrogens is 262 g/mol. The maximum Gasteiger partial charge on any atom is 0.170 e. The van der Waals surface area contributed by atoms with E-state index in [1.165, 1.54) is 12.1 Å². The number of carbonyl (C=O) groups is 1. The molecule has 0 saturated carbocycles. The van der Waals surface area contributed by atoms with Crippen LogP contribution in [0.2, 0.25) is 0 Å². The minimum absolute atomic E-state index is 0.0800. The maximum atomic E-state index is 10.1. The molecule has 0 saturated heterocycles. The highest BCUT2D eigenvalue weighted by Crippen LogP contribution is 2.09. The molecule has 5 nitrogen and oxygen atoms in total. The number of pyridine rings is 2. The third-order valence-corrected chi connectivity index (χ3v) is 2.37. The fraction of sp³-hybridized carbons (Fsp3) is 0.154. The normalized spacial score (nSPS) is 9.32. The van der Waals surface area contributed by atoms with Crippen LogP contribution < -0.4 is 5.32 Å². The summed E-state index contributed by atoms with van der Waals surface area (Å²) in [6.07, 6.45) is 2.32. The minimum Gasteiger partial charge on any atom is -0.506 e. The molecule has 6 heteroatoms. The van der Waals surface area contributed by atoms with Gasteiger partial charge in [0.2, 0.25) is 0 Å². The van der Waals surface area contributed by atoms with Crippen molar-refractivity contribution in [2.45, 2.75) is 6.54 Å². The summed E-state index contributed by atoms with van der Waals surface area (Å²) in [7, 11) is 1.91. The molecule has 2 rings (SSSR count). The Bertz CT molecular complexity index is 570. The van der Waals surface area contributed by atoms with Crippen molar-refractivity contribution in [3.05, 3.63) is 52.6 Å². The summed E-state index contributed by atoms with van der Waals surface area (Å²) < 4.78 is 0.430. The van der Waals surface area contributed by atoms with Gasteiger partial charge in [0.1, 0.15) is 16.1 Å². The van der Waals surface area contributed by atoms with Gasteiger partial charge in [-0.25, -0.2) is 0 Å². The van der Waals surface area contributed by atoms with Gasteiger partial charge < -0.3 is 15.4 Å². The van der Waals surface area contributed by atoms with Gasteiger partial charge >= 0.3 is 0 Å². The van der Waals surface area contributed by atoms with E-state index in [9.17, 15) is 4.79 Å². The number of rotatable bonds is 3. The number of nitrogens with zero attached hydrogens (tertiary/aromatic N) is 1. The molecule has 0 spiro atoms. The monoisotopic (exact) mass is 277 g/mol. The highest BCUT2D eigenvalue weighted by Gasteiger charge is 1.95. The van der Waals surface area contributed by atoms with Gasteiger partial charge in [0, 0.05) is 12.7 Å². The van der Waals surface area contributed by atoms with Crippen molar-refractivity contribution < 1.29 is 9.90 Å². The first-order valence-corrected chi connectivity index (χ1v) is 6.00. The van der Waals surface area contributed by atoms with E-state index < -0.39 is 0 Å². The molecule has 0 aliphatic rings. The Morgan fingerprint density at radius 3 is 2.74 bits per heavy atom. The van der Waals surface area contributed by atoms with Crippen molar-refractivity contribution in [3.63, 3.8) is 0 Å². The molecule has 0 unspecified atom stereocenters. The third kappa shape index (κ3) is 5.41. The van der Waals surface area contributed by atoms with Crippen molar-refractivity contribution >= 4 is 18.5 Å². The van der Waals surface area contributed by atoms with E-state index in [0.29, 0.717) is 10.9 Å². The zero-order valence-electron chi connectivity index (χ0n) is 10.5. The SMILES string of the molecule is CNCc1ccccn1.O=Cc1[nH]c(=S)ccc1O. The van der Waals surface area contributed by atoms with E-state index in [2.05, 4.69) is 15.3 Å². The van der Waals surface area contributed by atoms with Crippen LogP contribution in [0.4, 0.5) is 0 Å². The second kappa shape index (κ2) is 8.12. The average Bonchev–Trinajstić information content (AvgIpc) is 2.44. The summed E-state index contributed by atoms with van der Waals surface area (Å²) in [6.45, 7) is 0.848. The lowest BCUT2D eigenvalue weighted by atomic mass is 10.3. The molecule has 2 aromatic rings. The Labute approximate surface area is 116 Å². The fourth-order valence-electron chi connectivity index (χ4n) is 1.26. The Kier molecular flexibility index (Phi) is 6.42. The van der Waals surface area contributed by atoms with Gasteiger partial charge in [0.05, 0.1) is 5.69 Å². The third-order valence-electron chi connectivity index (χ3n) is 2.13. The standard InChI is InChI=1S/C7H10N2.C6H5NO2S/c1-8-6-7-4-2-3-5-9-7;8-3-4-5(9)1-2-6(10)7-4/h2-5,8H,6H2,1H3;1-3,9H,(H,7,10). The first kappa shape index (κ1) is 15.0. The molecule has 0 aliphatic carbocycles. The molecule has 0 bridgehead atoms. The summed E-state index contributed by atoms with van der Waals surface area (Å²) in [5, 5.41) is 11.9. The lowest BCUT2D eigenvalue weighted by Gasteiger charge is -1.94. The molecule has 19 heavy (non-hydrogen) atoms. The van der Waals surface area contributed by atoms with E-state index in [1.54, 1.807) is 6.20 Å². The van der Waals surface area contributed by atoms with Crippen molar-refractivity contribution in [1.29, 1.82) is 0 Å². The Morgan fingerprint density at radius 2 is 2.21 bits per heavy atom. The minimum atomic E-state index is -0.0800. The molecule has 0 aromatic carbocycles. The Hall–Kier alpha value is -2.05. The zero-order chi connectivity index (χ0) is 14.1. The largest absolute Gasteiger partial charge is 0.506 e. The van der Waals surface area contributed by atoms with Gasteiger partial charge in [-0.1, -0.05) is 18.3 Å². The maximum absolute atomic E-state index is 10.1. The summed E-state index contributed by atoms with van der Waals surface area (Å²) in [5.41, 5.74) is 1.20. The summed E-state index contributed by atoms with van der Waals surface area (Å²) in [4.78, 5) is 16.8. The van der Waals surface area contributed by atoms with Crippen LogP contribution in [0, 0.1) is 4.64 Å². The predicted molar refractivity (Wildman–Crippen MR) is 75.7 cm³/mol. The van der Waals surface area contributed by atoms with Gasteiger partial charge in [-0.05, 0) is 31.3 Å². The van der Waals surface area contributed by atoms with Crippen LogP contribution in [0.25, 0.3) is 0 Å². The molecule has 0 amide bonds. The molecule has 2 aromatic heterocycles. The molecular formula is C13H15N3O2S. The van der Waals surface area contributed by atoms with Crippen molar-refractivity contribution in [2.75, 3.05) is 7.05 Å². The average molecular weight is 277 g/mol. The Balaban J connectivity index is 0.000000191. The number of H-pyrrole nitrogens is 1. The van der Waals surface area contributed by atoms with Crippen molar-refractivity contribution in [3.8, 4) is 5.75 Å². The lowest BCUT2D eigenvalue weighted by molar-refractivity contribution is 0.111. The number of hydrogen-bond acceptors (Lipinski definition) is 5. The van der Waals surface area contributed by atoms with Gasteiger partial charge in [-0.3, -0.25) is 9.78 Å². The van der Waals surface area contributed by atoms with Gasteiger partial charge in [-0.2, -0.15) is 0 Å².